The number of Topliss-reactive ketones (excluding diaryl/α,β-unsaturated/α-hetero) is 1. The Morgan fingerprint density at radius 3 is 2.79 bits per heavy atom. The van der Waals surface area contributed by atoms with Crippen LogP contribution in [0, 0.1) is 0 Å². The molecule has 2 aromatic rings. The fourth-order valence-corrected chi connectivity index (χ4v) is 5.02. The molecule has 0 bridgehead atoms. The lowest BCUT2D eigenvalue weighted by Crippen LogP contribution is -3.07. The third kappa shape index (κ3) is 8.10. The zero-order valence-corrected chi connectivity index (χ0v) is 22.7. The van der Waals surface area contributed by atoms with E-state index in [2.05, 4.69) is 24.2 Å². The quantitative estimate of drug-likeness (QED) is 0.176. The van der Waals surface area contributed by atoms with Crippen LogP contribution in [-0.4, -0.2) is 41.6 Å². The SMILES string of the molecule is CCCCCC(O)CC(=O)CCc1ccc(O)c(OC[NH+]2C=C3N=CC(Cc4cccc(C(N)N)c4)=C3C2)c1. The minimum atomic E-state index is -0.561. The average molecular weight is 534 g/mol. The topological polar surface area (TPSA) is 136 Å². The van der Waals surface area contributed by atoms with Crippen molar-refractivity contribution in [2.24, 2.45) is 16.5 Å². The molecule has 0 saturated heterocycles. The molecule has 2 heterocycles. The molecule has 8 nitrogen and oxygen atoms in total. The molecular formula is C31H41N4O4+. The lowest BCUT2D eigenvalue weighted by molar-refractivity contribution is -0.855. The van der Waals surface area contributed by atoms with Gasteiger partial charge in [-0.3, -0.25) is 14.7 Å². The number of aromatic hydroxyl groups is 1. The van der Waals surface area contributed by atoms with Crippen molar-refractivity contribution in [3.05, 3.63) is 82.2 Å². The highest BCUT2D eigenvalue weighted by atomic mass is 16.5. The van der Waals surface area contributed by atoms with Gasteiger partial charge in [0.05, 0.1) is 12.3 Å². The van der Waals surface area contributed by atoms with E-state index in [1.165, 1.54) is 11.1 Å². The number of phenols is 1. The first-order valence-electron chi connectivity index (χ1n) is 13.9. The molecule has 7 N–H and O–H groups in total. The summed E-state index contributed by atoms with van der Waals surface area (Å²) in [5.41, 5.74) is 18.0. The number of unbranched alkanes of at least 4 members (excludes halogenated alkanes) is 2. The Morgan fingerprint density at radius 2 is 2.00 bits per heavy atom. The van der Waals surface area contributed by atoms with Crippen molar-refractivity contribution in [2.75, 3.05) is 13.3 Å². The fourth-order valence-electron chi connectivity index (χ4n) is 5.02. The zero-order valence-electron chi connectivity index (χ0n) is 22.7. The standard InChI is InChI=1S/C31H40N4O4/c1-2-3-4-8-25(36)16-26(37)11-9-21-10-12-29(38)30(15-21)39-20-35-18-27-24(17-34-28(27)19-35)14-22-6-5-7-23(13-22)31(32)33/h5-7,10,12-13,15,17,19,25,31,36,38H,2-4,8-9,11,14,16,18,20,32-33H2,1H3/p+1. The summed E-state index contributed by atoms with van der Waals surface area (Å²) in [6.45, 7) is 3.20. The molecule has 0 aliphatic carbocycles. The highest BCUT2D eigenvalue weighted by Gasteiger charge is 2.29. The predicted molar refractivity (Wildman–Crippen MR) is 152 cm³/mol. The Balaban J connectivity index is 1.29. The number of quaternary nitrogens is 1. The number of rotatable bonds is 15. The van der Waals surface area contributed by atoms with Gasteiger partial charge in [0.1, 0.15) is 24.2 Å². The molecule has 2 aromatic carbocycles. The van der Waals surface area contributed by atoms with Gasteiger partial charge in [-0.15, -0.1) is 0 Å². The van der Waals surface area contributed by atoms with Crippen LogP contribution in [0.2, 0.25) is 0 Å². The van der Waals surface area contributed by atoms with Crippen LogP contribution in [0.25, 0.3) is 0 Å². The van der Waals surface area contributed by atoms with Crippen LogP contribution >= 0.6 is 0 Å². The number of aliphatic hydroxyl groups excluding tert-OH is 1. The number of aliphatic hydroxyl groups is 1. The number of nitrogens with two attached hydrogens (primary N) is 2. The van der Waals surface area contributed by atoms with Crippen LogP contribution in [-0.2, 0) is 17.6 Å². The number of carbonyl (C=O) groups is 1. The van der Waals surface area contributed by atoms with Crippen molar-refractivity contribution in [3.63, 3.8) is 0 Å². The van der Waals surface area contributed by atoms with Gasteiger partial charge in [-0.1, -0.05) is 56.5 Å². The summed E-state index contributed by atoms with van der Waals surface area (Å²) < 4.78 is 5.99. The molecular weight excluding hydrogens is 492 g/mol. The number of phenolic OH excluding ortho intramolecular Hbond substituents is 1. The maximum absolute atomic E-state index is 12.3. The zero-order chi connectivity index (χ0) is 27.8. The first-order chi connectivity index (χ1) is 18.8. The number of hydrogen-bond donors (Lipinski definition) is 5. The lowest BCUT2D eigenvalue weighted by Gasteiger charge is -2.14. The summed E-state index contributed by atoms with van der Waals surface area (Å²) in [6, 6.07) is 13.2. The molecule has 4 rings (SSSR count). The van der Waals surface area contributed by atoms with Crippen molar-refractivity contribution in [2.45, 2.75) is 70.6 Å². The van der Waals surface area contributed by atoms with Gasteiger partial charge in [0.2, 0.25) is 6.73 Å². The minimum absolute atomic E-state index is 0.0523. The molecule has 2 aliphatic heterocycles. The van der Waals surface area contributed by atoms with E-state index in [0.29, 0.717) is 31.7 Å². The number of nitrogens with one attached hydrogen (secondary N) is 1. The van der Waals surface area contributed by atoms with Crippen LogP contribution in [0.5, 0.6) is 11.5 Å². The van der Waals surface area contributed by atoms with Crippen LogP contribution in [0.4, 0.5) is 0 Å². The summed E-state index contributed by atoms with van der Waals surface area (Å²) >= 11 is 0. The molecule has 2 atom stereocenters. The van der Waals surface area contributed by atoms with Crippen molar-refractivity contribution >= 4 is 12.0 Å². The number of nitrogens with zero attached hydrogens (tertiary/aromatic N) is 1. The van der Waals surface area contributed by atoms with Gasteiger partial charge in [-0.25, -0.2) is 0 Å². The summed E-state index contributed by atoms with van der Waals surface area (Å²) in [6.07, 6.45) is 8.55. The van der Waals surface area contributed by atoms with Gasteiger partial charge >= 0.3 is 0 Å². The highest BCUT2D eigenvalue weighted by molar-refractivity contribution is 5.87. The van der Waals surface area contributed by atoms with Crippen molar-refractivity contribution in [3.8, 4) is 11.5 Å². The first kappa shape index (κ1) is 28.7. The maximum atomic E-state index is 12.3. The molecule has 0 aromatic heterocycles. The minimum Gasteiger partial charge on any atom is -0.504 e. The van der Waals surface area contributed by atoms with E-state index in [1.807, 2.05) is 24.4 Å². The maximum Gasteiger partial charge on any atom is 0.227 e. The summed E-state index contributed by atoms with van der Waals surface area (Å²) in [4.78, 5) is 18.0. The summed E-state index contributed by atoms with van der Waals surface area (Å²) in [5, 5.41) is 20.4. The molecule has 0 amide bonds. The molecule has 208 valence electrons. The van der Waals surface area contributed by atoms with E-state index in [4.69, 9.17) is 16.2 Å². The molecule has 0 saturated carbocycles. The number of ether oxygens (including phenoxy) is 1. The number of ketones is 1. The molecule has 39 heavy (non-hydrogen) atoms. The van der Waals surface area contributed by atoms with Crippen LogP contribution in [0.3, 0.4) is 0 Å². The molecule has 0 fully saturated rings. The van der Waals surface area contributed by atoms with Crippen LogP contribution < -0.4 is 21.1 Å². The van der Waals surface area contributed by atoms with Crippen LogP contribution in [0.1, 0.15) is 68.3 Å². The van der Waals surface area contributed by atoms with Crippen LogP contribution in [0.15, 0.2) is 70.5 Å². The number of hydrogen-bond acceptors (Lipinski definition) is 7. The van der Waals surface area contributed by atoms with E-state index in [9.17, 15) is 15.0 Å². The van der Waals surface area contributed by atoms with E-state index < -0.39 is 12.3 Å². The van der Waals surface area contributed by atoms with Gasteiger partial charge in [0.25, 0.3) is 0 Å². The van der Waals surface area contributed by atoms with Crippen molar-refractivity contribution in [1.29, 1.82) is 0 Å². The van der Waals surface area contributed by atoms with Gasteiger partial charge in [-0.2, -0.15) is 0 Å². The van der Waals surface area contributed by atoms with Crippen molar-refractivity contribution in [1.82, 2.24) is 0 Å². The molecule has 0 radical (unpaired) electrons. The van der Waals surface area contributed by atoms with Gasteiger partial charge < -0.3 is 26.4 Å². The number of aryl methyl sites for hydroxylation is 1. The highest BCUT2D eigenvalue weighted by Crippen LogP contribution is 2.28. The van der Waals surface area contributed by atoms with Gasteiger partial charge in [0, 0.05) is 24.6 Å². The number of benzene rings is 2. The molecule has 2 aliphatic rings. The Bertz CT molecular complexity index is 1250. The number of aliphatic imine (C=N–C) groups is 1. The lowest BCUT2D eigenvalue weighted by atomic mass is 9.99. The molecule has 2 unspecified atom stereocenters. The second kappa shape index (κ2) is 13.7. The monoisotopic (exact) mass is 533 g/mol. The third-order valence-electron chi connectivity index (χ3n) is 7.27. The van der Waals surface area contributed by atoms with E-state index in [0.717, 1.165) is 59.5 Å². The second-order valence-corrected chi connectivity index (χ2v) is 10.6. The normalized spacial score (nSPS) is 17.1. The van der Waals surface area contributed by atoms with Crippen molar-refractivity contribution < 1.29 is 24.6 Å². The molecule has 8 heteroatoms. The Kier molecular flexibility index (Phi) is 10.1. The van der Waals surface area contributed by atoms with E-state index in [1.54, 1.807) is 18.2 Å². The largest absolute Gasteiger partial charge is 0.504 e. The summed E-state index contributed by atoms with van der Waals surface area (Å²) in [5.74, 6) is 0.519. The van der Waals surface area contributed by atoms with Gasteiger partial charge in [-0.05, 0) is 53.7 Å². The number of carbonyl (C=O) groups excluding carboxylic acids is 1. The smallest absolute Gasteiger partial charge is 0.227 e. The third-order valence-corrected chi connectivity index (χ3v) is 7.27. The second-order valence-electron chi connectivity index (χ2n) is 10.6. The Labute approximate surface area is 230 Å². The molecule has 0 spiro atoms. The summed E-state index contributed by atoms with van der Waals surface area (Å²) in [7, 11) is 0. The fraction of sp³-hybridized carbons (Fsp3) is 0.419. The number of fused-ring (bicyclic) bond motifs is 1. The average Bonchev–Trinajstić information content (AvgIpc) is 3.49. The van der Waals surface area contributed by atoms with E-state index in [-0.39, 0.29) is 18.0 Å². The predicted octanol–water partition coefficient (Wildman–Crippen LogP) is 2.84. The van der Waals surface area contributed by atoms with E-state index >= 15 is 0 Å². The number of allylic oxidation sites excluding steroid dienone is 1. The first-order valence-corrected chi connectivity index (χ1v) is 13.9. The Hall–Kier alpha value is -3.30. The Morgan fingerprint density at radius 1 is 1.15 bits per heavy atom. The van der Waals surface area contributed by atoms with Gasteiger partial charge in [0.15, 0.2) is 11.5 Å².